The number of nitrogens with one attached hydrogen (secondary N) is 1. The predicted octanol–water partition coefficient (Wildman–Crippen LogP) is 2.09. The molecular weight excluding hydrogens is 340 g/mol. The summed E-state index contributed by atoms with van der Waals surface area (Å²) >= 11 is 1.61. The van der Waals surface area contributed by atoms with Crippen molar-refractivity contribution in [2.75, 3.05) is 38.2 Å². The Balaban J connectivity index is 1.76. The van der Waals surface area contributed by atoms with Crippen LogP contribution in [-0.4, -0.2) is 60.0 Å². The van der Waals surface area contributed by atoms with Gasteiger partial charge in [0.2, 0.25) is 0 Å². The zero-order chi connectivity index (χ0) is 18.0. The van der Waals surface area contributed by atoms with Gasteiger partial charge in [-0.1, -0.05) is 6.92 Å². The van der Waals surface area contributed by atoms with E-state index in [-0.39, 0.29) is 5.91 Å². The number of nitrogens with zero attached hydrogens (tertiary/aromatic N) is 3. The van der Waals surface area contributed by atoms with E-state index >= 15 is 0 Å². The van der Waals surface area contributed by atoms with Gasteiger partial charge < -0.3 is 19.5 Å². The Morgan fingerprint density at radius 2 is 2.04 bits per heavy atom. The van der Waals surface area contributed by atoms with Gasteiger partial charge in [-0.25, -0.2) is 9.78 Å². The van der Waals surface area contributed by atoms with Crippen LogP contribution >= 0.6 is 11.3 Å². The van der Waals surface area contributed by atoms with Crippen LogP contribution in [0, 0.1) is 6.92 Å². The van der Waals surface area contributed by atoms with Gasteiger partial charge in [0, 0.05) is 43.4 Å². The van der Waals surface area contributed by atoms with E-state index in [9.17, 15) is 9.59 Å². The predicted molar refractivity (Wildman–Crippen MR) is 96.5 cm³/mol. The van der Waals surface area contributed by atoms with Gasteiger partial charge in [-0.15, -0.1) is 11.3 Å². The lowest BCUT2D eigenvalue weighted by molar-refractivity contribution is 0.0599. The average Bonchev–Trinajstić information content (AvgIpc) is 3.28. The number of esters is 1. The molecule has 0 radical (unpaired) electrons. The Morgan fingerprint density at radius 3 is 2.60 bits per heavy atom. The number of ether oxygens (including phenoxy) is 1. The molecule has 0 atom stereocenters. The van der Waals surface area contributed by atoms with Crippen molar-refractivity contribution in [1.29, 1.82) is 0 Å². The highest BCUT2D eigenvalue weighted by atomic mass is 32.1. The highest BCUT2D eigenvalue weighted by Gasteiger charge is 2.28. The molecule has 1 aliphatic rings. The van der Waals surface area contributed by atoms with Crippen LogP contribution in [0.3, 0.4) is 0 Å². The van der Waals surface area contributed by atoms with Crippen molar-refractivity contribution in [3.05, 3.63) is 34.1 Å². The minimum absolute atomic E-state index is 0.0684. The summed E-state index contributed by atoms with van der Waals surface area (Å²) in [6.45, 7) is 6.50. The first-order chi connectivity index (χ1) is 12.1. The van der Waals surface area contributed by atoms with Crippen LogP contribution in [0.25, 0.3) is 0 Å². The molecule has 0 spiro atoms. The molecule has 2 aromatic heterocycles. The Labute approximate surface area is 150 Å². The lowest BCUT2D eigenvalue weighted by Gasteiger charge is -2.34. The summed E-state index contributed by atoms with van der Waals surface area (Å²) in [5, 5.41) is 2.94. The summed E-state index contributed by atoms with van der Waals surface area (Å²) in [7, 11) is 1.35. The topological polar surface area (TPSA) is 78.5 Å². The molecule has 1 fully saturated rings. The van der Waals surface area contributed by atoms with E-state index in [4.69, 9.17) is 4.74 Å². The average molecular weight is 362 g/mol. The van der Waals surface area contributed by atoms with E-state index in [1.165, 1.54) is 7.11 Å². The fraction of sp³-hybridized carbons (Fsp3) is 0.471. The number of piperazine rings is 1. The van der Waals surface area contributed by atoms with E-state index in [0.29, 0.717) is 36.3 Å². The van der Waals surface area contributed by atoms with E-state index in [1.54, 1.807) is 24.5 Å². The van der Waals surface area contributed by atoms with Crippen molar-refractivity contribution in [2.45, 2.75) is 20.3 Å². The molecule has 0 saturated carbocycles. The number of aromatic amines is 1. The monoisotopic (exact) mass is 362 g/mol. The molecule has 1 N–H and O–H groups in total. The number of anilines is 1. The third-order valence-electron chi connectivity index (χ3n) is 4.54. The molecule has 1 aliphatic heterocycles. The summed E-state index contributed by atoms with van der Waals surface area (Å²) in [4.78, 5) is 36.4. The Hall–Kier alpha value is -2.35. The Kier molecular flexibility index (Phi) is 5.08. The summed E-state index contributed by atoms with van der Waals surface area (Å²) in [6.07, 6.45) is 2.43. The number of rotatable bonds is 4. The van der Waals surface area contributed by atoms with Crippen molar-refractivity contribution >= 4 is 28.3 Å². The first-order valence-corrected chi connectivity index (χ1v) is 9.18. The molecule has 134 valence electrons. The number of hydrogen-bond donors (Lipinski definition) is 1. The fourth-order valence-corrected chi connectivity index (χ4v) is 3.84. The Morgan fingerprint density at radius 1 is 1.32 bits per heavy atom. The molecule has 1 saturated heterocycles. The lowest BCUT2D eigenvalue weighted by atomic mass is 10.1. The van der Waals surface area contributed by atoms with Gasteiger partial charge in [-0.3, -0.25) is 4.79 Å². The zero-order valence-corrected chi connectivity index (χ0v) is 15.5. The second-order valence-electron chi connectivity index (χ2n) is 5.92. The van der Waals surface area contributed by atoms with Gasteiger partial charge in [0.1, 0.15) is 5.69 Å². The van der Waals surface area contributed by atoms with Crippen LogP contribution in [-0.2, 0) is 11.2 Å². The highest BCUT2D eigenvalue weighted by molar-refractivity contribution is 7.13. The molecule has 0 unspecified atom stereocenters. The number of H-pyrrole nitrogens is 1. The molecular formula is C17H22N4O3S. The zero-order valence-electron chi connectivity index (χ0n) is 14.7. The second kappa shape index (κ2) is 7.26. The number of methoxy groups -OCH3 is 1. The summed E-state index contributed by atoms with van der Waals surface area (Å²) in [5.74, 6) is -0.473. The van der Waals surface area contributed by atoms with Crippen molar-refractivity contribution in [3.8, 4) is 0 Å². The van der Waals surface area contributed by atoms with Gasteiger partial charge in [0.05, 0.1) is 12.7 Å². The molecule has 0 bridgehead atoms. The largest absolute Gasteiger partial charge is 0.465 e. The third kappa shape index (κ3) is 3.26. The second-order valence-corrected chi connectivity index (χ2v) is 6.79. The van der Waals surface area contributed by atoms with Gasteiger partial charge in [-0.05, 0) is 18.9 Å². The standard InChI is InChI=1S/C17H22N4O3S/c1-4-12-13(16(23)24-3)11(2)14(19-12)15(22)20-6-8-21(9-7-20)17-18-5-10-25-17/h5,10,19H,4,6-9H2,1-3H3. The van der Waals surface area contributed by atoms with Crippen molar-refractivity contribution in [3.63, 3.8) is 0 Å². The maximum atomic E-state index is 12.9. The number of aryl methyl sites for hydroxylation is 1. The summed E-state index contributed by atoms with van der Waals surface area (Å²) < 4.78 is 4.86. The number of carbonyl (C=O) groups excluding carboxylic acids is 2. The van der Waals surface area contributed by atoms with Crippen molar-refractivity contribution in [2.24, 2.45) is 0 Å². The van der Waals surface area contributed by atoms with Crippen LogP contribution in [0.4, 0.5) is 5.13 Å². The first-order valence-electron chi connectivity index (χ1n) is 8.30. The van der Waals surface area contributed by atoms with Gasteiger partial charge in [0.15, 0.2) is 5.13 Å². The van der Waals surface area contributed by atoms with E-state index in [0.717, 1.165) is 23.9 Å². The normalized spacial score (nSPS) is 14.7. The van der Waals surface area contributed by atoms with Crippen LogP contribution in [0.15, 0.2) is 11.6 Å². The molecule has 0 aliphatic carbocycles. The van der Waals surface area contributed by atoms with E-state index < -0.39 is 5.97 Å². The highest BCUT2D eigenvalue weighted by Crippen LogP contribution is 2.23. The summed E-state index contributed by atoms with van der Waals surface area (Å²) in [5.41, 5.74) is 2.37. The quantitative estimate of drug-likeness (QED) is 0.843. The first kappa shape index (κ1) is 17.5. The minimum Gasteiger partial charge on any atom is -0.465 e. The van der Waals surface area contributed by atoms with E-state index in [2.05, 4.69) is 14.9 Å². The molecule has 3 heterocycles. The van der Waals surface area contributed by atoms with Crippen molar-refractivity contribution < 1.29 is 14.3 Å². The minimum atomic E-state index is -0.404. The molecule has 1 amide bonds. The number of hydrogen-bond acceptors (Lipinski definition) is 6. The molecule has 25 heavy (non-hydrogen) atoms. The van der Waals surface area contributed by atoms with Gasteiger partial charge in [0.25, 0.3) is 5.91 Å². The third-order valence-corrected chi connectivity index (χ3v) is 5.37. The lowest BCUT2D eigenvalue weighted by Crippen LogP contribution is -2.49. The van der Waals surface area contributed by atoms with Crippen LogP contribution < -0.4 is 4.90 Å². The fourth-order valence-electron chi connectivity index (χ4n) is 3.15. The van der Waals surface area contributed by atoms with Crippen LogP contribution in [0.5, 0.6) is 0 Å². The molecule has 8 heteroatoms. The SMILES string of the molecule is CCc1[nH]c(C(=O)N2CCN(c3nccs3)CC2)c(C)c1C(=O)OC. The number of amides is 1. The Bertz CT molecular complexity index is 761. The molecule has 7 nitrogen and oxygen atoms in total. The number of aromatic nitrogens is 2. The number of carbonyl (C=O) groups is 2. The van der Waals surface area contributed by atoms with Crippen LogP contribution in [0.1, 0.15) is 39.0 Å². The smallest absolute Gasteiger partial charge is 0.339 e. The summed E-state index contributed by atoms with van der Waals surface area (Å²) in [6, 6.07) is 0. The van der Waals surface area contributed by atoms with Crippen LogP contribution in [0.2, 0.25) is 0 Å². The van der Waals surface area contributed by atoms with Gasteiger partial charge in [-0.2, -0.15) is 0 Å². The maximum absolute atomic E-state index is 12.9. The molecule has 0 aromatic carbocycles. The molecule has 2 aromatic rings. The van der Waals surface area contributed by atoms with E-state index in [1.807, 2.05) is 17.2 Å². The molecule has 3 rings (SSSR count). The van der Waals surface area contributed by atoms with Gasteiger partial charge >= 0.3 is 5.97 Å². The maximum Gasteiger partial charge on any atom is 0.339 e. The van der Waals surface area contributed by atoms with Crippen molar-refractivity contribution in [1.82, 2.24) is 14.9 Å². The number of thiazole rings is 1.